The molecule has 2 unspecified atom stereocenters. The van der Waals surface area contributed by atoms with Crippen LogP contribution in [0.4, 0.5) is 0 Å². The lowest BCUT2D eigenvalue weighted by Crippen LogP contribution is -2.26. The number of hydrogen-bond acceptors (Lipinski definition) is 3. The van der Waals surface area contributed by atoms with Gasteiger partial charge < -0.3 is 15.7 Å². The number of benzene rings is 2. The van der Waals surface area contributed by atoms with Gasteiger partial charge in [0.2, 0.25) is 0 Å². The molecule has 0 spiro atoms. The summed E-state index contributed by atoms with van der Waals surface area (Å²) in [5.41, 5.74) is 3.87. The molecule has 2 atom stereocenters. The molecule has 0 amide bonds. The van der Waals surface area contributed by atoms with Gasteiger partial charge in [-0.3, -0.25) is 0 Å². The van der Waals surface area contributed by atoms with Crippen molar-refractivity contribution in [1.29, 1.82) is 0 Å². The van der Waals surface area contributed by atoms with Crippen molar-refractivity contribution in [3.8, 4) is 5.75 Å². The van der Waals surface area contributed by atoms with Crippen molar-refractivity contribution in [3.05, 3.63) is 65.2 Å². The van der Waals surface area contributed by atoms with E-state index in [2.05, 4.69) is 47.9 Å². The minimum Gasteiger partial charge on any atom is -0.508 e. The number of nitrogens with one attached hydrogen (secondary N) is 2. The third-order valence-corrected chi connectivity index (χ3v) is 4.18. The van der Waals surface area contributed by atoms with E-state index < -0.39 is 0 Å². The van der Waals surface area contributed by atoms with Gasteiger partial charge in [-0.2, -0.15) is 0 Å². The smallest absolute Gasteiger partial charge is 0.115 e. The van der Waals surface area contributed by atoms with Crippen molar-refractivity contribution in [2.75, 3.05) is 6.54 Å². The molecule has 0 saturated heterocycles. The molecular weight excluding hydrogens is 260 g/mol. The van der Waals surface area contributed by atoms with E-state index in [1.165, 1.54) is 11.1 Å². The van der Waals surface area contributed by atoms with E-state index in [4.69, 9.17) is 0 Å². The zero-order valence-electron chi connectivity index (χ0n) is 12.3. The number of fused-ring (bicyclic) bond motifs is 1. The Morgan fingerprint density at radius 2 is 2.05 bits per heavy atom. The highest BCUT2D eigenvalue weighted by atomic mass is 16.3. The van der Waals surface area contributed by atoms with Crippen LogP contribution in [0.1, 0.15) is 42.1 Å². The fourth-order valence-electron chi connectivity index (χ4n) is 3.03. The van der Waals surface area contributed by atoms with Crippen molar-refractivity contribution in [2.45, 2.75) is 32.0 Å². The highest BCUT2D eigenvalue weighted by Gasteiger charge is 2.20. The Labute approximate surface area is 126 Å². The van der Waals surface area contributed by atoms with E-state index in [0.29, 0.717) is 11.8 Å². The van der Waals surface area contributed by atoms with Gasteiger partial charge in [0.15, 0.2) is 0 Å². The highest BCUT2D eigenvalue weighted by molar-refractivity contribution is 5.33. The Morgan fingerprint density at radius 1 is 1.19 bits per heavy atom. The van der Waals surface area contributed by atoms with Crippen LogP contribution in [-0.2, 0) is 6.54 Å². The SMILES string of the molecule is CC(NC1CCNCc2ccccc21)c1cccc(O)c1. The fraction of sp³-hybridized carbons (Fsp3) is 0.333. The summed E-state index contributed by atoms with van der Waals surface area (Å²) in [7, 11) is 0. The van der Waals surface area contributed by atoms with Gasteiger partial charge in [0.25, 0.3) is 0 Å². The topological polar surface area (TPSA) is 44.3 Å². The molecule has 1 heterocycles. The molecule has 0 saturated carbocycles. The molecule has 1 aliphatic rings. The molecule has 3 heteroatoms. The summed E-state index contributed by atoms with van der Waals surface area (Å²) in [5.74, 6) is 0.323. The Morgan fingerprint density at radius 3 is 2.90 bits per heavy atom. The molecule has 1 aliphatic heterocycles. The molecule has 0 radical (unpaired) electrons. The molecule has 3 rings (SSSR count). The second-order valence-electron chi connectivity index (χ2n) is 5.70. The van der Waals surface area contributed by atoms with Crippen LogP contribution < -0.4 is 10.6 Å². The second-order valence-corrected chi connectivity index (χ2v) is 5.70. The first kappa shape index (κ1) is 14.1. The molecular formula is C18H22N2O. The quantitative estimate of drug-likeness (QED) is 0.809. The van der Waals surface area contributed by atoms with Crippen LogP contribution in [-0.4, -0.2) is 11.7 Å². The van der Waals surface area contributed by atoms with Gasteiger partial charge in [-0.05, 0) is 48.7 Å². The molecule has 2 aromatic carbocycles. The van der Waals surface area contributed by atoms with Crippen LogP contribution in [0.2, 0.25) is 0 Å². The average molecular weight is 282 g/mol. The van der Waals surface area contributed by atoms with E-state index in [0.717, 1.165) is 25.1 Å². The summed E-state index contributed by atoms with van der Waals surface area (Å²) in [5, 5.41) is 16.8. The van der Waals surface area contributed by atoms with Gasteiger partial charge in [0, 0.05) is 18.6 Å². The number of phenolic OH excluding ortho intramolecular Hbond substituents is 1. The Balaban J connectivity index is 1.81. The molecule has 3 nitrogen and oxygen atoms in total. The van der Waals surface area contributed by atoms with E-state index in [-0.39, 0.29) is 6.04 Å². The summed E-state index contributed by atoms with van der Waals surface area (Å²) < 4.78 is 0. The maximum Gasteiger partial charge on any atom is 0.115 e. The van der Waals surface area contributed by atoms with Crippen LogP contribution >= 0.6 is 0 Å². The van der Waals surface area contributed by atoms with Crippen molar-refractivity contribution < 1.29 is 5.11 Å². The van der Waals surface area contributed by atoms with Gasteiger partial charge in [0.05, 0.1) is 0 Å². The van der Waals surface area contributed by atoms with E-state index in [1.807, 2.05) is 12.1 Å². The lowest BCUT2D eigenvalue weighted by molar-refractivity contribution is 0.438. The van der Waals surface area contributed by atoms with Crippen molar-refractivity contribution in [2.24, 2.45) is 0 Å². The molecule has 0 aromatic heterocycles. The Bertz CT molecular complexity index is 612. The normalized spacial score (nSPS) is 19.6. The van der Waals surface area contributed by atoms with Crippen molar-refractivity contribution in [3.63, 3.8) is 0 Å². The molecule has 0 fully saturated rings. The zero-order valence-corrected chi connectivity index (χ0v) is 12.3. The first-order chi connectivity index (χ1) is 10.2. The number of rotatable bonds is 3. The average Bonchev–Trinajstić information content (AvgIpc) is 2.70. The van der Waals surface area contributed by atoms with Gasteiger partial charge >= 0.3 is 0 Å². The minimum atomic E-state index is 0.202. The maximum atomic E-state index is 9.63. The Kier molecular flexibility index (Phi) is 4.23. The predicted molar refractivity (Wildman–Crippen MR) is 85.2 cm³/mol. The van der Waals surface area contributed by atoms with E-state index in [9.17, 15) is 5.11 Å². The lowest BCUT2D eigenvalue weighted by Gasteiger charge is -2.24. The molecule has 2 aromatic rings. The van der Waals surface area contributed by atoms with Crippen molar-refractivity contribution >= 4 is 0 Å². The first-order valence-corrected chi connectivity index (χ1v) is 7.57. The molecule has 0 aliphatic carbocycles. The van der Waals surface area contributed by atoms with Crippen LogP contribution in [0.5, 0.6) is 5.75 Å². The van der Waals surface area contributed by atoms with Gasteiger partial charge in [-0.15, -0.1) is 0 Å². The molecule has 0 bridgehead atoms. The number of hydrogen-bond donors (Lipinski definition) is 3. The van der Waals surface area contributed by atoms with Gasteiger partial charge in [-0.25, -0.2) is 0 Å². The van der Waals surface area contributed by atoms with Crippen molar-refractivity contribution in [1.82, 2.24) is 10.6 Å². The summed E-state index contributed by atoms with van der Waals surface area (Å²) >= 11 is 0. The fourth-order valence-corrected chi connectivity index (χ4v) is 3.03. The second kappa shape index (κ2) is 6.29. The van der Waals surface area contributed by atoms with Crippen LogP contribution in [0.15, 0.2) is 48.5 Å². The van der Waals surface area contributed by atoms with Crippen LogP contribution in [0.25, 0.3) is 0 Å². The largest absolute Gasteiger partial charge is 0.508 e. The summed E-state index contributed by atoms with van der Waals surface area (Å²) in [6.45, 7) is 4.10. The first-order valence-electron chi connectivity index (χ1n) is 7.57. The summed E-state index contributed by atoms with van der Waals surface area (Å²) in [4.78, 5) is 0. The summed E-state index contributed by atoms with van der Waals surface area (Å²) in [6, 6.07) is 16.7. The number of aromatic hydroxyl groups is 1. The third kappa shape index (κ3) is 3.26. The maximum absolute atomic E-state index is 9.63. The monoisotopic (exact) mass is 282 g/mol. The van der Waals surface area contributed by atoms with Crippen LogP contribution in [0, 0.1) is 0 Å². The standard InChI is InChI=1S/C18H22N2O/c1-13(14-6-4-7-16(21)11-14)20-18-9-10-19-12-15-5-2-3-8-17(15)18/h2-8,11,13,18-21H,9-10,12H2,1H3. The van der Waals surface area contributed by atoms with Crippen LogP contribution in [0.3, 0.4) is 0 Å². The Hall–Kier alpha value is -1.84. The molecule has 21 heavy (non-hydrogen) atoms. The predicted octanol–water partition coefficient (Wildman–Crippen LogP) is 3.28. The van der Waals surface area contributed by atoms with E-state index >= 15 is 0 Å². The lowest BCUT2D eigenvalue weighted by atomic mass is 9.97. The number of phenols is 1. The van der Waals surface area contributed by atoms with E-state index in [1.54, 1.807) is 6.07 Å². The third-order valence-electron chi connectivity index (χ3n) is 4.18. The zero-order chi connectivity index (χ0) is 14.7. The molecule has 110 valence electrons. The van der Waals surface area contributed by atoms with Gasteiger partial charge in [-0.1, -0.05) is 36.4 Å². The van der Waals surface area contributed by atoms with Gasteiger partial charge in [0.1, 0.15) is 5.75 Å². The summed E-state index contributed by atoms with van der Waals surface area (Å²) in [6.07, 6.45) is 1.07. The minimum absolute atomic E-state index is 0.202. The molecule has 3 N–H and O–H groups in total. The highest BCUT2D eigenvalue weighted by Crippen LogP contribution is 2.27.